The largest absolute Gasteiger partial charge is 0.444 e. The standard InChI is InChI=1S/C29H34N4O3S/c1-29(2,3)36-28(34)32-20-9-7-19(8-10-20)27-25(18-30)24-12-11-22(31-21-13-15-37(35)16-14-21)17-26(24)33(27)23-5-4-6-23/h7-12,17,21,23,31,35H,4-6,13-16H2,1-3H3/p+1. The van der Waals surface area contributed by atoms with Gasteiger partial charge in [0.1, 0.15) is 34.4 Å². The molecular formula is C29H35N4O3S+. The lowest BCUT2D eigenvalue weighted by atomic mass is 9.92. The lowest BCUT2D eigenvalue weighted by molar-refractivity contribution is 0.0636. The van der Waals surface area contributed by atoms with Gasteiger partial charge in [0.15, 0.2) is 0 Å². The number of rotatable bonds is 5. The third-order valence-corrected chi connectivity index (χ3v) is 8.55. The number of amides is 1. The van der Waals surface area contributed by atoms with Crippen LogP contribution < -0.4 is 10.6 Å². The van der Waals surface area contributed by atoms with Crippen LogP contribution in [0.2, 0.25) is 0 Å². The van der Waals surface area contributed by atoms with E-state index in [0.717, 1.165) is 65.0 Å². The topological polar surface area (TPSA) is 99.3 Å². The maximum atomic E-state index is 12.2. The summed E-state index contributed by atoms with van der Waals surface area (Å²) in [7, 11) is 0. The van der Waals surface area contributed by atoms with E-state index in [1.165, 1.54) is 6.42 Å². The SMILES string of the molecule is CC(C)(C)OC(=O)Nc1ccc(-c2c(C#N)c3ccc(NC4CC[S+](O)CC4)cc3n2C2CCC2)cc1. The normalized spacial score (nSPS) is 20.2. The van der Waals surface area contributed by atoms with Crippen molar-refractivity contribution >= 4 is 39.5 Å². The molecule has 3 aromatic rings. The number of nitriles is 1. The van der Waals surface area contributed by atoms with Gasteiger partial charge in [-0.2, -0.15) is 9.81 Å². The van der Waals surface area contributed by atoms with E-state index >= 15 is 0 Å². The number of fused-ring (bicyclic) bond motifs is 1. The molecule has 0 spiro atoms. The van der Waals surface area contributed by atoms with E-state index in [1.54, 1.807) is 0 Å². The summed E-state index contributed by atoms with van der Waals surface area (Å²) in [6.45, 7) is 5.50. The van der Waals surface area contributed by atoms with Gasteiger partial charge in [0.2, 0.25) is 0 Å². The molecule has 1 amide bonds. The Morgan fingerprint density at radius 1 is 1.08 bits per heavy atom. The van der Waals surface area contributed by atoms with Gasteiger partial charge in [-0.25, -0.2) is 4.79 Å². The van der Waals surface area contributed by atoms with E-state index in [1.807, 2.05) is 45.0 Å². The monoisotopic (exact) mass is 519 g/mol. The second kappa shape index (κ2) is 10.3. The highest BCUT2D eigenvalue weighted by molar-refractivity contribution is 7.91. The van der Waals surface area contributed by atoms with Crippen molar-refractivity contribution in [3.05, 3.63) is 48.0 Å². The second-order valence-electron chi connectivity index (χ2n) is 11.0. The summed E-state index contributed by atoms with van der Waals surface area (Å²) in [6.07, 6.45) is 4.83. The summed E-state index contributed by atoms with van der Waals surface area (Å²) < 4.78 is 17.6. The van der Waals surface area contributed by atoms with E-state index in [4.69, 9.17) is 4.74 Å². The highest BCUT2D eigenvalue weighted by atomic mass is 32.2. The van der Waals surface area contributed by atoms with Crippen molar-refractivity contribution in [3.8, 4) is 17.3 Å². The maximum absolute atomic E-state index is 12.2. The zero-order valence-electron chi connectivity index (χ0n) is 21.7. The minimum Gasteiger partial charge on any atom is -0.444 e. The number of hydrogen-bond acceptors (Lipinski definition) is 5. The molecule has 0 bridgehead atoms. The molecule has 1 saturated heterocycles. The summed E-state index contributed by atoms with van der Waals surface area (Å²) in [6, 6.07) is 17.2. The molecule has 1 saturated carbocycles. The summed E-state index contributed by atoms with van der Waals surface area (Å²) in [4.78, 5) is 12.2. The van der Waals surface area contributed by atoms with Gasteiger partial charge in [-0.05, 0) is 75.9 Å². The number of aromatic nitrogens is 1. The molecule has 0 radical (unpaired) electrons. The van der Waals surface area contributed by atoms with E-state index in [2.05, 4.69) is 39.5 Å². The Labute approximate surface area is 221 Å². The fourth-order valence-electron chi connectivity index (χ4n) is 5.14. The molecule has 0 unspecified atom stereocenters. The number of anilines is 2. The van der Waals surface area contributed by atoms with Crippen molar-refractivity contribution in [1.82, 2.24) is 4.57 Å². The Morgan fingerprint density at radius 3 is 2.35 bits per heavy atom. The van der Waals surface area contributed by atoms with Crippen LogP contribution in [0.4, 0.5) is 16.2 Å². The van der Waals surface area contributed by atoms with Crippen LogP contribution in [0.15, 0.2) is 42.5 Å². The van der Waals surface area contributed by atoms with E-state index in [9.17, 15) is 14.6 Å². The lowest BCUT2D eigenvalue weighted by Crippen LogP contribution is -2.31. The van der Waals surface area contributed by atoms with E-state index in [-0.39, 0.29) is 0 Å². The minimum atomic E-state index is -0.568. The Balaban J connectivity index is 1.48. The Bertz CT molecular complexity index is 1320. The zero-order chi connectivity index (χ0) is 26.2. The van der Waals surface area contributed by atoms with Gasteiger partial charge in [-0.3, -0.25) is 5.32 Å². The summed E-state index contributed by atoms with van der Waals surface area (Å²) in [5.41, 5.74) is 4.78. The molecule has 1 aromatic heterocycles. The van der Waals surface area contributed by atoms with Crippen LogP contribution in [-0.4, -0.2) is 38.4 Å². The molecular weight excluding hydrogens is 484 g/mol. The van der Waals surface area contributed by atoms with Crippen molar-refractivity contribution in [2.75, 3.05) is 22.1 Å². The number of carbonyl (C=O) groups is 1. The van der Waals surface area contributed by atoms with Crippen LogP contribution in [0.5, 0.6) is 0 Å². The Kier molecular flexibility index (Phi) is 7.11. The molecule has 1 aliphatic carbocycles. The van der Waals surface area contributed by atoms with E-state index in [0.29, 0.717) is 23.3 Å². The maximum Gasteiger partial charge on any atom is 0.412 e. The average Bonchev–Trinajstić information content (AvgIpc) is 3.12. The average molecular weight is 520 g/mol. The molecule has 2 aliphatic rings. The molecule has 7 nitrogen and oxygen atoms in total. The van der Waals surface area contributed by atoms with Gasteiger partial charge in [0.05, 0.1) is 16.8 Å². The minimum absolute atomic E-state index is 0.361. The van der Waals surface area contributed by atoms with Crippen molar-refractivity contribution in [3.63, 3.8) is 0 Å². The number of carbonyl (C=O) groups excluding carboxylic acids is 1. The highest BCUT2D eigenvalue weighted by Crippen LogP contribution is 2.43. The van der Waals surface area contributed by atoms with Crippen molar-refractivity contribution < 1.29 is 14.1 Å². The predicted molar refractivity (Wildman–Crippen MR) is 151 cm³/mol. The first-order valence-corrected chi connectivity index (χ1v) is 14.6. The fourth-order valence-corrected chi connectivity index (χ4v) is 6.45. The molecule has 5 rings (SSSR count). The van der Waals surface area contributed by atoms with Crippen molar-refractivity contribution in [1.29, 1.82) is 5.26 Å². The van der Waals surface area contributed by atoms with Crippen LogP contribution >= 0.6 is 0 Å². The molecule has 194 valence electrons. The first kappa shape index (κ1) is 25.5. The number of ether oxygens (including phenoxy) is 1. The van der Waals surface area contributed by atoms with Gasteiger partial charge >= 0.3 is 6.09 Å². The van der Waals surface area contributed by atoms with Crippen LogP contribution in [0.25, 0.3) is 22.2 Å². The molecule has 37 heavy (non-hydrogen) atoms. The molecule has 2 fully saturated rings. The summed E-state index contributed by atoms with van der Waals surface area (Å²) in [5, 5.41) is 17.6. The smallest absolute Gasteiger partial charge is 0.412 e. The molecule has 1 aliphatic heterocycles. The van der Waals surface area contributed by atoms with Crippen LogP contribution in [0.1, 0.15) is 64.5 Å². The van der Waals surface area contributed by atoms with Gasteiger partial charge < -0.3 is 14.6 Å². The van der Waals surface area contributed by atoms with Crippen molar-refractivity contribution in [2.45, 2.75) is 70.6 Å². The molecule has 0 atom stereocenters. The van der Waals surface area contributed by atoms with Crippen molar-refractivity contribution in [2.24, 2.45) is 0 Å². The Morgan fingerprint density at radius 2 is 1.76 bits per heavy atom. The number of nitrogens with zero attached hydrogens (tertiary/aromatic N) is 2. The first-order valence-electron chi connectivity index (χ1n) is 13.0. The van der Waals surface area contributed by atoms with Crippen LogP contribution in [0, 0.1) is 11.3 Å². The molecule has 2 aromatic carbocycles. The van der Waals surface area contributed by atoms with Crippen LogP contribution in [0.3, 0.4) is 0 Å². The van der Waals surface area contributed by atoms with Gasteiger partial charge in [0.25, 0.3) is 0 Å². The second-order valence-corrected chi connectivity index (χ2v) is 12.8. The third kappa shape index (κ3) is 5.58. The lowest BCUT2D eigenvalue weighted by Gasteiger charge is -2.30. The molecule has 3 N–H and O–H groups in total. The highest BCUT2D eigenvalue weighted by Gasteiger charge is 2.29. The number of nitrogens with one attached hydrogen (secondary N) is 2. The molecule has 2 heterocycles. The summed E-state index contributed by atoms with van der Waals surface area (Å²) in [5.74, 6) is 1.72. The van der Waals surface area contributed by atoms with Gasteiger partial charge in [-0.15, -0.1) is 0 Å². The number of benzene rings is 2. The number of hydrogen-bond donors (Lipinski definition) is 3. The first-order chi connectivity index (χ1) is 17.7. The Hall–Kier alpha value is -3.15. The molecule has 8 heteroatoms. The predicted octanol–water partition coefficient (Wildman–Crippen LogP) is 6.92. The van der Waals surface area contributed by atoms with Crippen LogP contribution in [-0.2, 0) is 15.9 Å². The van der Waals surface area contributed by atoms with Gasteiger partial charge in [0, 0.05) is 41.7 Å². The zero-order valence-corrected chi connectivity index (χ0v) is 22.5. The third-order valence-electron chi connectivity index (χ3n) is 7.13. The summed E-state index contributed by atoms with van der Waals surface area (Å²) >= 11 is -0.437. The van der Waals surface area contributed by atoms with Gasteiger partial charge in [-0.1, -0.05) is 12.1 Å². The van der Waals surface area contributed by atoms with E-state index < -0.39 is 22.9 Å². The quantitative estimate of drug-likeness (QED) is 0.318. The fraction of sp³-hybridized carbons (Fsp3) is 0.448.